The van der Waals surface area contributed by atoms with Crippen LogP contribution in [-0.2, 0) is 9.53 Å². The Bertz CT molecular complexity index is 873. The van der Waals surface area contributed by atoms with E-state index < -0.39 is 0 Å². The van der Waals surface area contributed by atoms with Gasteiger partial charge in [-0.25, -0.2) is 0 Å². The van der Waals surface area contributed by atoms with Crippen molar-refractivity contribution in [1.82, 2.24) is 0 Å². The second-order valence-corrected chi connectivity index (χ2v) is 13.8. The van der Waals surface area contributed by atoms with Crippen molar-refractivity contribution >= 4 is 5.97 Å². The topological polar surface area (TPSA) is 26.3 Å². The average molecular weight is 469 g/mol. The molecule has 4 rings (SSSR count). The van der Waals surface area contributed by atoms with Crippen LogP contribution in [0.4, 0.5) is 0 Å². The van der Waals surface area contributed by atoms with E-state index in [0.717, 1.165) is 18.8 Å². The summed E-state index contributed by atoms with van der Waals surface area (Å²) in [5, 5.41) is 0. The van der Waals surface area contributed by atoms with E-state index in [1.54, 1.807) is 18.3 Å². The number of ether oxygens (including phenoxy) is 1. The quantitative estimate of drug-likeness (QED) is 0.287. The highest BCUT2D eigenvalue weighted by atomic mass is 16.5. The Morgan fingerprint density at radius 2 is 1.65 bits per heavy atom. The van der Waals surface area contributed by atoms with Gasteiger partial charge in [0.25, 0.3) is 0 Å². The lowest BCUT2D eigenvalue weighted by molar-refractivity contribution is -0.150. The number of hydrogen-bond donors (Lipinski definition) is 0. The Labute approximate surface area is 210 Å². The van der Waals surface area contributed by atoms with E-state index in [4.69, 9.17) is 4.74 Å². The number of allylic oxidation sites excluding steroid dienone is 4. The van der Waals surface area contributed by atoms with Gasteiger partial charge in [0.05, 0.1) is 13.0 Å². The van der Waals surface area contributed by atoms with E-state index in [1.165, 1.54) is 51.4 Å². The minimum Gasteiger partial charge on any atom is -0.469 e. The molecule has 0 aromatic heterocycles. The summed E-state index contributed by atoms with van der Waals surface area (Å²) >= 11 is 0. The van der Waals surface area contributed by atoms with Gasteiger partial charge in [0.15, 0.2) is 0 Å². The fraction of sp³-hybridized carbons (Fsp3) is 0.844. The van der Waals surface area contributed by atoms with E-state index >= 15 is 0 Å². The molecular formula is C32H52O2. The van der Waals surface area contributed by atoms with Crippen LogP contribution >= 0.6 is 0 Å². The number of fused-ring (bicyclic) bond motifs is 4. The molecule has 4 aliphatic carbocycles. The van der Waals surface area contributed by atoms with Crippen molar-refractivity contribution in [2.45, 2.75) is 120 Å². The van der Waals surface area contributed by atoms with Gasteiger partial charge >= 0.3 is 5.97 Å². The Morgan fingerprint density at radius 1 is 0.941 bits per heavy atom. The number of hydrogen-bond acceptors (Lipinski definition) is 2. The highest BCUT2D eigenvalue weighted by Crippen LogP contribution is 2.72. The lowest BCUT2D eigenvalue weighted by Gasteiger charge is -2.56. The minimum atomic E-state index is 0.0471. The van der Waals surface area contributed by atoms with Crippen molar-refractivity contribution in [2.24, 2.45) is 45.8 Å². The number of carbonyl (C=O) groups is 1. The summed E-state index contributed by atoms with van der Waals surface area (Å²) in [6, 6.07) is 0. The third-order valence-corrected chi connectivity index (χ3v) is 12.1. The van der Waals surface area contributed by atoms with Gasteiger partial charge in [-0.1, -0.05) is 63.8 Å². The Balaban J connectivity index is 1.67. The normalized spacial score (nSPS) is 38.9. The molecule has 7 atom stereocenters. The van der Waals surface area contributed by atoms with Gasteiger partial charge in [-0.15, -0.1) is 0 Å². The largest absolute Gasteiger partial charge is 0.469 e. The van der Waals surface area contributed by atoms with Gasteiger partial charge in [0.2, 0.25) is 0 Å². The predicted octanol–water partition coefficient (Wildman–Crippen LogP) is 8.91. The molecule has 0 saturated heterocycles. The zero-order chi connectivity index (χ0) is 25.1. The van der Waals surface area contributed by atoms with Crippen molar-refractivity contribution < 1.29 is 9.53 Å². The third-order valence-electron chi connectivity index (χ3n) is 12.1. The van der Waals surface area contributed by atoms with Crippen molar-refractivity contribution in [2.75, 3.05) is 7.11 Å². The smallest absolute Gasteiger partial charge is 0.308 e. The Morgan fingerprint density at radius 3 is 2.26 bits per heavy atom. The summed E-state index contributed by atoms with van der Waals surface area (Å²) < 4.78 is 5.43. The van der Waals surface area contributed by atoms with Crippen LogP contribution in [0.25, 0.3) is 0 Å². The molecule has 0 N–H and O–H groups in total. The molecule has 0 aromatic carbocycles. The molecule has 0 bridgehead atoms. The van der Waals surface area contributed by atoms with Crippen LogP contribution in [0.1, 0.15) is 120 Å². The first-order chi connectivity index (χ1) is 15.9. The highest BCUT2D eigenvalue weighted by Gasteiger charge is 2.63. The maximum absolute atomic E-state index is 13.1. The fourth-order valence-corrected chi connectivity index (χ4v) is 9.26. The lowest BCUT2D eigenvalue weighted by atomic mass is 9.48. The fourth-order valence-electron chi connectivity index (χ4n) is 9.26. The van der Waals surface area contributed by atoms with Crippen LogP contribution in [0.15, 0.2) is 22.3 Å². The molecule has 0 aromatic rings. The second-order valence-electron chi connectivity index (χ2n) is 13.8. The van der Waals surface area contributed by atoms with Crippen LogP contribution in [-0.4, -0.2) is 13.1 Å². The maximum Gasteiger partial charge on any atom is 0.308 e. The minimum absolute atomic E-state index is 0.0471. The number of esters is 1. The summed E-state index contributed by atoms with van der Waals surface area (Å²) in [5.74, 6) is 2.62. The SMILES string of the molecule is COC(=O)[C@H](CC[C@H](C)C(C)C)[C@H]1CC[C@@]2(C)C3=C(CC[C@]12C)[C@@]1(C)CCC(=C(C)C)[C@@H]1CC3. The monoisotopic (exact) mass is 468 g/mol. The molecule has 0 radical (unpaired) electrons. The van der Waals surface area contributed by atoms with E-state index in [2.05, 4.69) is 55.4 Å². The third kappa shape index (κ3) is 3.76. The molecule has 2 fully saturated rings. The first-order valence-electron chi connectivity index (χ1n) is 14.4. The van der Waals surface area contributed by atoms with Crippen molar-refractivity contribution in [3.63, 3.8) is 0 Å². The van der Waals surface area contributed by atoms with Crippen LogP contribution in [0.3, 0.4) is 0 Å². The van der Waals surface area contributed by atoms with Crippen LogP contribution in [0.5, 0.6) is 0 Å². The summed E-state index contributed by atoms with van der Waals surface area (Å²) in [5.41, 5.74) is 7.80. The lowest BCUT2D eigenvalue weighted by Crippen LogP contribution is -2.48. The van der Waals surface area contributed by atoms with Gasteiger partial charge < -0.3 is 4.74 Å². The molecule has 192 valence electrons. The number of rotatable bonds is 6. The van der Waals surface area contributed by atoms with Gasteiger partial charge in [0.1, 0.15) is 0 Å². The Kier molecular flexibility index (Phi) is 6.98. The first kappa shape index (κ1) is 26.0. The second kappa shape index (κ2) is 9.11. The van der Waals surface area contributed by atoms with Gasteiger partial charge in [-0.3, -0.25) is 4.79 Å². The van der Waals surface area contributed by atoms with Crippen LogP contribution < -0.4 is 0 Å². The summed E-state index contributed by atoms with van der Waals surface area (Å²) in [6.07, 6.45) is 12.3. The summed E-state index contributed by atoms with van der Waals surface area (Å²) in [6.45, 7) is 19.4. The average Bonchev–Trinajstić information content (AvgIpc) is 3.28. The molecule has 2 saturated carbocycles. The van der Waals surface area contributed by atoms with E-state index in [0.29, 0.717) is 23.2 Å². The molecule has 0 spiro atoms. The predicted molar refractivity (Wildman–Crippen MR) is 142 cm³/mol. The van der Waals surface area contributed by atoms with E-state index in [1.807, 2.05) is 11.1 Å². The van der Waals surface area contributed by atoms with Gasteiger partial charge in [-0.2, -0.15) is 0 Å². The summed E-state index contributed by atoms with van der Waals surface area (Å²) in [7, 11) is 1.60. The molecule has 0 aliphatic heterocycles. The molecule has 0 amide bonds. The molecule has 0 heterocycles. The molecular weight excluding hydrogens is 416 g/mol. The van der Waals surface area contributed by atoms with Crippen molar-refractivity contribution in [1.29, 1.82) is 0 Å². The van der Waals surface area contributed by atoms with Crippen LogP contribution in [0, 0.1) is 45.8 Å². The van der Waals surface area contributed by atoms with Crippen LogP contribution in [0.2, 0.25) is 0 Å². The zero-order valence-corrected chi connectivity index (χ0v) is 23.8. The maximum atomic E-state index is 13.1. The molecule has 34 heavy (non-hydrogen) atoms. The molecule has 4 aliphatic rings. The number of carbonyl (C=O) groups excluding carboxylic acids is 1. The Hall–Kier alpha value is -1.05. The van der Waals surface area contributed by atoms with Crippen molar-refractivity contribution in [3.8, 4) is 0 Å². The zero-order valence-electron chi connectivity index (χ0n) is 23.8. The van der Waals surface area contributed by atoms with Gasteiger partial charge in [-0.05, 0) is 118 Å². The number of methoxy groups -OCH3 is 1. The van der Waals surface area contributed by atoms with E-state index in [-0.39, 0.29) is 22.7 Å². The van der Waals surface area contributed by atoms with Gasteiger partial charge in [0, 0.05) is 0 Å². The van der Waals surface area contributed by atoms with Crippen molar-refractivity contribution in [3.05, 3.63) is 22.3 Å². The standard InChI is InChI=1S/C32H52O2/c1-20(2)22(5)10-11-24(29(33)34-9)26-15-18-32(8)28-13-12-25-23(21(3)4)14-17-30(25,6)27(28)16-19-31(26,32)7/h20,22,24-26H,10-19H2,1-9H3/t22-,24+,25-,26+,30-,31+,32-/m0/s1. The molecule has 2 nitrogen and oxygen atoms in total. The molecule has 0 unspecified atom stereocenters. The van der Waals surface area contributed by atoms with E-state index in [9.17, 15) is 4.79 Å². The first-order valence-corrected chi connectivity index (χ1v) is 14.4. The molecule has 2 heteroatoms. The summed E-state index contributed by atoms with van der Waals surface area (Å²) in [4.78, 5) is 13.1. The highest BCUT2D eigenvalue weighted by molar-refractivity contribution is 5.73.